The van der Waals surface area contributed by atoms with Crippen molar-refractivity contribution in [1.29, 1.82) is 0 Å². The molecule has 10 heteroatoms. The van der Waals surface area contributed by atoms with Gasteiger partial charge in [-0.3, -0.25) is 13.9 Å². The Morgan fingerprint density at radius 3 is 2.12 bits per heavy atom. The van der Waals surface area contributed by atoms with E-state index in [0.29, 0.717) is 24.4 Å². The number of carbonyl (C=O) groups excluding carboxylic acids is 2. The van der Waals surface area contributed by atoms with E-state index < -0.39 is 28.5 Å². The maximum absolute atomic E-state index is 14.0. The maximum Gasteiger partial charge on any atom is 0.264 e. The number of hydrogen-bond donors (Lipinski definition) is 1. The molecular weight excluding hydrogens is 569 g/mol. The molecular formula is C30H35Cl2N3O4S. The Morgan fingerprint density at radius 1 is 0.925 bits per heavy atom. The van der Waals surface area contributed by atoms with Crippen LogP contribution in [0.2, 0.25) is 10.0 Å². The summed E-state index contributed by atoms with van der Waals surface area (Å²) < 4.78 is 28.7. The highest BCUT2D eigenvalue weighted by molar-refractivity contribution is 7.92. The van der Waals surface area contributed by atoms with Crippen molar-refractivity contribution < 1.29 is 18.0 Å². The molecule has 0 spiro atoms. The summed E-state index contributed by atoms with van der Waals surface area (Å²) in [5, 5.41) is 3.33. The summed E-state index contributed by atoms with van der Waals surface area (Å²) in [7, 11) is -4.20. The van der Waals surface area contributed by atoms with Crippen LogP contribution in [-0.2, 0) is 26.0 Å². The van der Waals surface area contributed by atoms with Gasteiger partial charge in [0.25, 0.3) is 10.0 Å². The van der Waals surface area contributed by atoms with Gasteiger partial charge >= 0.3 is 0 Å². The minimum atomic E-state index is -4.20. The van der Waals surface area contributed by atoms with Crippen molar-refractivity contribution in [2.24, 2.45) is 5.92 Å². The van der Waals surface area contributed by atoms with Gasteiger partial charge in [0.1, 0.15) is 12.6 Å². The number of rotatable bonds is 13. The van der Waals surface area contributed by atoms with E-state index in [1.165, 1.54) is 35.2 Å². The molecule has 0 aliphatic rings. The number of carbonyl (C=O) groups is 2. The highest BCUT2D eigenvalue weighted by atomic mass is 35.5. The monoisotopic (exact) mass is 603 g/mol. The number of hydrogen-bond acceptors (Lipinski definition) is 4. The summed E-state index contributed by atoms with van der Waals surface area (Å²) in [5.74, 6) is -0.568. The quantitative estimate of drug-likeness (QED) is 0.267. The molecule has 40 heavy (non-hydrogen) atoms. The Labute approximate surface area is 247 Å². The van der Waals surface area contributed by atoms with Crippen LogP contribution in [0.5, 0.6) is 0 Å². The van der Waals surface area contributed by atoms with Crippen LogP contribution >= 0.6 is 23.2 Å². The standard InChI is InChI=1S/C30H35Cl2N3O4S/c1-4-27(30(37)33-20-22(2)3)34(18-17-23-11-7-5-8-12-23)29(36)21-35(28-16-15-24(31)19-26(28)32)40(38,39)25-13-9-6-10-14-25/h5-16,19,22,27H,4,17-18,20-21H2,1-3H3,(H,33,37)/t27-/m0/s1. The second-order valence-corrected chi connectivity index (χ2v) is 12.5. The summed E-state index contributed by atoms with van der Waals surface area (Å²) >= 11 is 12.5. The molecule has 0 fully saturated rings. The Hall–Kier alpha value is -3.07. The normalized spacial score (nSPS) is 12.2. The van der Waals surface area contributed by atoms with Crippen molar-refractivity contribution in [2.75, 3.05) is 23.9 Å². The van der Waals surface area contributed by atoms with Gasteiger partial charge in [-0.1, -0.05) is 92.5 Å². The Morgan fingerprint density at radius 2 is 1.55 bits per heavy atom. The molecule has 0 saturated heterocycles. The molecule has 2 amide bonds. The lowest BCUT2D eigenvalue weighted by Crippen LogP contribution is -2.53. The van der Waals surface area contributed by atoms with Gasteiger partial charge in [0, 0.05) is 18.1 Å². The minimum Gasteiger partial charge on any atom is -0.354 e. The topological polar surface area (TPSA) is 86.8 Å². The fourth-order valence-corrected chi connectivity index (χ4v) is 6.25. The number of sulfonamides is 1. The molecule has 7 nitrogen and oxygen atoms in total. The lowest BCUT2D eigenvalue weighted by Gasteiger charge is -2.33. The molecule has 0 aliphatic heterocycles. The smallest absolute Gasteiger partial charge is 0.264 e. The third kappa shape index (κ3) is 8.22. The van der Waals surface area contributed by atoms with Crippen molar-refractivity contribution >= 4 is 50.7 Å². The summed E-state index contributed by atoms with van der Waals surface area (Å²) in [6.45, 7) is 5.94. The van der Waals surface area contributed by atoms with E-state index >= 15 is 0 Å². The molecule has 1 N–H and O–H groups in total. The van der Waals surface area contributed by atoms with Crippen LogP contribution in [0.1, 0.15) is 32.8 Å². The van der Waals surface area contributed by atoms with Crippen LogP contribution in [-0.4, -0.2) is 50.8 Å². The van der Waals surface area contributed by atoms with Gasteiger partial charge in [-0.05, 0) is 54.7 Å². The minimum absolute atomic E-state index is 0.00590. The molecule has 3 rings (SSSR count). The summed E-state index contributed by atoms with van der Waals surface area (Å²) in [6.07, 6.45) is 0.852. The van der Waals surface area contributed by atoms with Crippen LogP contribution in [0.4, 0.5) is 5.69 Å². The highest BCUT2D eigenvalue weighted by Gasteiger charge is 2.34. The van der Waals surface area contributed by atoms with Crippen LogP contribution < -0.4 is 9.62 Å². The SMILES string of the molecule is CC[C@@H](C(=O)NCC(C)C)N(CCc1ccccc1)C(=O)CN(c1ccc(Cl)cc1Cl)S(=O)(=O)c1ccccc1. The van der Waals surface area contributed by atoms with Crippen molar-refractivity contribution in [2.45, 2.75) is 44.6 Å². The number of amides is 2. The Bertz CT molecular complexity index is 1390. The predicted molar refractivity (Wildman–Crippen MR) is 161 cm³/mol. The number of benzene rings is 3. The van der Waals surface area contributed by atoms with Gasteiger partial charge < -0.3 is 10.2 Å². The zero-order valence-corrected chi connectivity index (χ0v) is 25.2. The molecule has 214 valence electrons. The predicted octanol–water partition coefficient (Wildman–Crippen LogP) is 5.81. The second-order valence-electron chi connectivity index (χ2n) is 9.81. The Kier molecular flexibility index (Phi) is 11.4. The first-order valence-electron chi connectivity index (χ1n) is 13.2. The van der Waals surface area contributed by atoms with Gasteiger partial charge in [0.15, 0.2) is 0 Å². The molecule has 1 atom stereocenters. The molecule has 0 bridgehead atoms. The Balaban J connectivity index is 2.01. The van der Waals surface area contributed by atoms with E-state index in [2.05, 4.69) is 5.32 Å². The van der Waals surface area contributed by atoms with Crippen LogP contribution in [0.25, 0.3) is 0 Å². The summed E-state index contributed by atoms with van der Waals surface area (Å²) in [4.78, 5) is 28.7. The van der Waals surface area contributed by atoms with Gasteiger partial charge in [-0.2, -0.15) is 0 Å². The fraction of sp³-hybridized carbons (Fsp3) is 0.333. The highest BCUT2D eigenvalue weighted by Crippen LogP contribution is 2.33. The van der Waals surface area contributed by atoms with E-state index in [1.54, 1.807) is 18.2 Å². The van der Waals surface area contributed by atoms with Crippen LogP contribution in [0, 0.1) is 5.92 Å². The van der Waals surface area contributed by atoms with Crippen molar-refractivity contribution in [3.05, 3.63) is 94.5 Å². The second kappa shape index (κ2) is 14.5. The third-order valence-corrected chi connectivity index (χ3v) is 8.65. The van der Waals surface area contributed by atoms with E-state index in [-0.39, 0.29) is 34.0 Å². The lowest BCUT2D eigenvalue weighted by molar-refractivity contribution is -0.139. The molecule has 0 unspecified atom stereocenters. The van der Waals surface area contributed by atoms with Crippen LogP contribution in [0.15, 0.2) is 83.8 Å². The largest absolute Gasteiger partial charge is 0.354 e. The first kappa shape index (κ1) is 31.5. The van der Waals surface area contributed by atoms with Crippen molar-refractivity contribution in [1.82, 2.24) is 10.2 Å². The molecule has 3 aromatic rings. The summed E-state index contributed by atoms with van der Waals surface area (Å²) in [6, 6.07) is 21.1. The summed E-state index contributed by atoms with van der Waals surface area (Å²) in [5.41, 5.74) is 1.11. The zero-order valence-electron chi connectivity index (χ0n) is 22.9. The maximum atomic E-state index is 14.0. The van der Waals surface area contributed by atoms with E-state index in [1.807, 2.05) is 51.1 Å². The van der Waals surface area contributed by atoms with Gasteiger partial charge in [-0.15, -0.1) is 0 Å². The molecule has 3 aromatic carbocycles. The fourth-order valence-electron chi connectivity index (χ4n) is 4.23. The molecule has 0 heterocycles. The van der Waals surface area contributed by atoms with Crippen molar-refractivity contribution in [3.8, 4) is 0 Å². The van der Waals surface area contributed by atoms with Crippen LogP contribution in [0.3, 0.4) is 0 Å². The first-order valence-corrected chi connectivity index (χ1v) is 15.4. The van der Waals surface area contributed by atoms with Gasteiger partial charge in [-0.25, -0.2) is 8.42 Å². The molecule has 0 saturated carbocycles. The third-order valence-electron chi connectivity index (χ3n) is 6.34. The lowest BCUT2D eigenvalue weighted by atomic mass is 10.1. The number of halogens is 2. The van der Waals surface area contributed by atoms with Crippen molar-refractivity contribution in [3.63, 3.8) is 0 Å². The molecule has 0 radical (unpaired) electrons. The van der Waals surface area contributed by atoms with E-state index in [9.17, 15) is 18.0 Å². The van der Waals surface area contributed by atoms with E-state index in [4.69, 9.17) is 23.2 Å². The van der Waals surface area contributed by atoms with Gasteiger partial charge in [0.2, 0.25) is 11.8 Å². The number of nitrogens with zero attached hydrogens (tertiary/aromatic N) is 2. The average molecular weight is 605 g/mol. The van der Waals surface area contributed by atoms with E-state index in [0.717, 1.165) is 9.87 Å². The zero-order chi connectivity index (χ0) is 29.3. The average Bonchev–Trinajstić information content (AvgIpc) is 2.94. The molecule has 0 aliphatic carbocycles. The first-order chi connectivity index (χ1) is 19.0. The number of anilines is 1. The van der Waals surface area contributed by atoms with Gasteiger partial charge in [0.05, 0.1) is 15.6 Å². The number of nitrogens with one attached hydrogen (secondary N) is 1. The molecule has 0 aromatic heterocycles.